The number of hydrogen-bond acceptors (Lipinski definition) is 2. The average molecular weight is 230 g/mol. The van der Waals surface area contributed by atoms with E-state index in [4.69, 9.17) is 0 Å². The van der Waals surface area contributed by atoms with Crippen molar-refractivity contribution in [3.63, 3.8) is 0 Å². The Balaban J connectivity index is 4.23. The number of nitrogens with zero attached hydrogens (tertiary/aromatic N) is 1. The van der Waals surface area contributed by atoms with Crippen molar-refractivity contribution in [1.82, 2.24) is 4.31 Å². The quantitative estimate of drug-likeness (QED) is 0.668. The van der Waals surface area contributed by atoms with Gasteiger partial charge in [0.15, 0.2) is 0 Å². The smallest absolute Gasteiger partial charge is 0.211 e. The summed E-state index contributed by atoms with van der Waals surface area (Å²) in [6.45, 7) is 1.84. The van der Waals surface area contributed by atoms with Crippen molar-refractivity contribution in [2.45, 2.75) is 13.0 Å². The molecule has 0 aromatic heterocycles. The lowest BCUT2D eigenvalue weighted by Gasteiger charge is -2.19. The monoisotopic (exact) mass is 229 g/mol. The van der Waals surface area contributed by atoms with E-state index in [1.54, 1.807) is 7.05 Å². The highest BCUT2D eigenvalue weighted by atomic mass is 79.9. The van der Waals surface area contributed by atoms with Crippen LogP contribution in [0.15, 0.2) is 0 Å². The third-order valence-electron chi connectivity index (χ3n) is 1.37. The van der Waals surface area contributed by atoms with E-state index in [2.05, 4.69) is 15.9 Å². The van der Waals surface area contributed by atoms with Crippen LogP contribution < -0.4 is 0 Å². The molecule has 0 aliphatic rings. The Hall–Kier alpha value is 0.390. The van der Waals surface area contributed by atoms with Gasteiger partial charge in [-0.1, -0.05) is 15.9 Å². The summed E-state index contributed by atoms with van der Waals surface area (Å²) < 4.78 is 23.0. The van der Waals surface area contributed by atoms with E-state index in [0.717, 1.165) is 0 Å². The predicted octanol–water partition coefficient (Wildman–Crippen LogP) is 0.661. The molecule has 0 saturated heterocycles. The molecule has 0 saturated carbocycles. The molecule has 5 heteroatoms. The summed E-state index contributed by atoms with van der Waals surface area (Å²) in [7, 11) is -1.44. The fourth-order valence-electron chi connectivity index (χ4n) is 0.424. The van der Waals surface area contributed by atoms with Gasteiger partial charge in [0.05, 0.1) is 6.26 Å². The van der Waals surface area contributed by atoms with Gasteiger partial charge in [0.1, 0.15) is 0 Å². The fourth-order valence-corrected chi connectivity index (χ4v) is 1.78. The second-order valence-corrected chi connectivity index (χ2v) is 4.97. The van der Waals surface area contributed by atoms with Crippen LogP contribution in [0.1, 0.15) is 6.92 Å². The second-order valence-electron chi connectivity index (χ2n) is 2.28. The lowest BCUT2D eigenvalue weighted by atomic mass is 10.4. The lowest BCUT2D eigenvalue weighted by molar-refractivity contribution is 0.420. The van der Waals surface area contributed by atoms with E-state index < -0.39 is 10.0 Å². The zero-order valence-corrected chi connectivity index (χ0v) is 8.74. The number of halogens is 1. The van der Waals surface area contributed by atoms with Gasteiger partial charge in [-0.3, -0.25) is 0 Å². The van der Waals surface area contributed by atoms with Crippen molar-refractivity contribution in [2.75, 3.05) is 18.6 Å². The highest BCUT2D eigenvalue weighted by molar-refractivity contribution is 9.09. The molecule has 0 heterocycles. The molecule has 0 radical (unpaired) electrons. The van der Waals surface area contributed by atoms with Crippen molar-refractivity contribution < 1.29 is 8.42 Å². The van der Waals surface area contributed by atoms with Gasteiger partial charge in [0.2, 0.25) is 10.0 Å². The highest BCUT2D eigenvalue weighted by Crippen LogP contribution is 2.03. The van der Waals surface area contributed by atoms with E-state index in [9.17, 15) is 8.42 Å². The summed E-state index contributed by atoms with van der Waals surface area (Å²) in [6, 6.07) is 0.0231. The molecule has 1 atom stereocenters. The van der Waals surface area contributed by atoms with Crippen LogP contribution in [0.25, 0.3) is 0 Å². The summed E-state index contributed by atoms with van der Waals surface area (Å²) in [5.74, 6) is 0. The summed E-state index contributed by atoms with van der Waals surface area (Å²) in [5, 5.41) is 0.663. The maximum absolute atomic E-state index is 10.8. The SMILES string of the molecule is CC(CBr)N(C)S(C)(=O)=O. The number of rotatable bonds is 3. The molecule has 0 amide bonds. The first kappa shape index (κ1) is 10.4. The molecule has 0 aliphatic carbocycles. The second kappa shape index (κ2) is 3.69. The molecule has 0 N–H and O–H groups in total. The average Bonchev–Trinajstić information content (AvgIpc) is 1.83. The van der Waals surface area contributed by atoms with E-state index >= 15 is 0 Å². The normalized spacial score (nSPS) is 15.7. The van der Waals surface area contributed by atoms with Crippen LogP contribution in [-0.4, -0.2) is 37.4 Å². The molecular weight excluding hydrogens is 218 g/mol. The van der Waals surface area contributed by atoms with Crippen LogP contribution in [0.3, 0.4) is 0 Å². The van der Waals surface area contributed by atoms with Crippen LogP contribution in [-0.2, 0) is 10.0 Å². The summed E-state index contributed by atoms with van der Waals surface area (Å²) in [6.07, 6.45) is 1.20. The molecule has 0 aromatic rings. The Morgan fingerprint density at radius 1 is 1.60 bits per heavy atom. The predicted molar refractivity (Wildman–Crippen MR) is 45.9 cm³/mol. The fraction of sp³-hybridized carbons (Fsp3) is 1.00. The van der Waals surface area contributed by atoms with Gasteiger partial charge in [-0.05, 0) is 6.92 Å². The molecule has 0 rings (SSSR count). The molecule has 62 valence electrons. The van der Waals surface area contributed by atoms with Gasteiger partial charge in [-0.15, -0.1) is 0 Å². The van der Waals surface area contributed by atoms with Gasteiger partial charge < -0.3 is 0 Å². The van der Waals surface area contributed by atoms with Crippen LogP contribution in [0, 0.1) is 0 Å². The van der Waals surface area contributed by atoms with Gasteiger partial charge in [0, 0.05) is 18.4 Å². The van der Waals surface area contributed by atoms with Gasteiger partial charge in [-0.2, -0.15) is 0 Å². The molecule has 0 aromatic carbocycles. The zero-order valence-electron chi connectivity index (χ0n) is 6.33. The number of sulfonamides is 1. The van der Waals surface area contributed by atoms with E-state index in [-0.39, 0.29) is 6.04 Å². The van der Waals surface area contributed by atoms with E-state index in [1.165, 1.54) is 10.6 Å². The lowest BCUT2D eigenvalue weighted by Crippen LogP contribution is -2.35. The summed E-state index contributed by atoms with van der Waals surface area (Å²) in [5.41, 5.74) is 0. The highest BCUT2D eigenvalue weighted by Gasteiger charge is 2.16. The van der Waals surface area contributed by atoms with Crippen molar-refractivity contribution in [3.05, 3.63) is 0 Å². The van der Waals surface area contributed by atoms with Gasteiger partial charge in [-0.25, -0.2) is 12.7 Å². The maximum atomic E-state index is 10.8. The molecule has 0 bridgehead atoms. The molecule has 3 nitrogen and oxygen atoms in total. The van der Waals surface area contributed by atoms with Crippen molar-refractivity contribution in [1.29, 1.82) is 0 Å². The Kier molecular flexibility index (Phi) is 3.83. The molecule has 10 heavy (non-hydrogen) atoms. The van der Waals surface area contributed by atoms with Crippen LogP contribution in [0.4, 0.5) is 0 Å². The van der Waals surface area contributed by atoms with Crippen LogP contribution >= 0.6 is 15.9 Å². The Bertz CT molecular complexity index is 190. The Labute approximate surface area is 70.6 Å². The molecule has 0 fully saturated rings. The van der Waals surface area contributed by atoms with Gasteiger partial charge >= 0.3 is 0 Å². The molecular formula is C5H12BrNO2S. The largest absolute Gasteiger partial charge is 0.213 e. The Morgan fingerprint density at radius 2 is 2.00 bits per heavy atom. The molecule has 0 aliphatic heterocycles. The van der Waals surface area contributed by atoms with Crippen molar-refractivity contribution >= 4 is 26.0 Å². The molecule has 0 spiro atoms. The maximum Gasteiger partial charge on any atom is 0.211 e. The minimum atomic E-state index is -3.01. The van der Waals surface area contributed by atoms with E-state index in [1.807, 2.05) is 6.92 Å². The van der Waals surface area contributed by atoms with E-state index in [0.29, 0.717) is 5.33 Å². The standard InChI is InChI=1S/C5H12BrNO2S/c1-5(4-6)7(2)10(3,8)9/h5H,4H2,1-3H3. The van der Waals surface area contributed by atoms with Crippen LogP contribution in [0.2, 0.25) is 0 Å². The molecule has 1 unspecified atom stereocenters. The third-order valence-corrected chi connectivity index (χ3v) is 3.71. The summed E-state index contributed by atoms with van der Waals surface area (Å²) >= 11 is 3.20. The number of alkyl halides is 1. The van der Waals surface area contributed by atoms with Crippen molar-refractivity contribution in [3.8, 4) is 0 Å². The topological polar surface area (TPSA) is 37.4 Å². The Morgan fingerprint density at radius 3 is 2.10 bits per heavy atom. The van der Waals surface area contributed by atoms with Gasteiger partial charge in [0.25, 0.3) is 0 Å². The first-order valence-corrected chi connectivity index (χ1v) is 5.85. The minimum absolute atomic E-state index is 0.0231. The zero-order chi connectivity index (χ0) is 8.36. The first-order valence-electron chi connectivity index (χ1n) is 2.88. The summed E-state index contributed by atoms with van der Waals surface area (Å²) in [4.78, 5) is 0. The first-order chi connectivity index (χ1) is 4.39. The third kappa shape index (κ3) is 2.98. The number of hydrogen-bond donors (Lipinski definition) is 0. The minimum Gasteiger partial charge on any atom is -0.213 e. The van der Waals surface area contributed by atoms with Crippen molar-refractivity contribution in [2.24, 2.45) is 0 Å². The van der Waals surface area contributed by atoms with Crippen LogP contribution in [0.5, 0.6) is 0 Å².